The van der Waals surface area contributed by atoms with Gasteiger partial charge in [0.1, 0.15) is 4.90 Å². The Morgan fingerprint density at radius 3 is 2.67 bits per heavy atom. The van der Waals surface area contributed by atoms with Crippen LogP contribution in [0.3, 0.4) is 0 Å². The van der Waals surface area contributed by atoms with E-state index < -0.39 is 10.0 Å². The standard InChI is InChI=1S/C17H23N5O4S/c1-12-16(13(2)20-19-12)27(24,25)22-8-4-7-21(9-10-22)17(23)14-5-6-18-15(11-14)26-3/h5-6,11H,4,7-10H2,1-3H3,(H,19,20). The number of carbonyl (C=O) groups is 1. The molecule has 1 aliphatic rings. The third-order valence-electron chi connectivity index (χ3n) is 4.59. The summed E-state index contributed by atoms with van der Waals surface area (Å²) < 4.78 is 32.5. The molecule has 2 aromatic rings. The van der Waals surface area contributed by atoms with Crippen molar-refractivity contribution in [3.8, 4) is 5.88 Å². The van der Waals surface area contributed by atoms with Gasteiger partial charge in [0.05, 0.1) is 18.5 Å². The van der Waals surface area contributed by atoms with Crippen molar-refractivity contribution in [3.63, 3.8) is 0 Å². The zero-order valence-electron chi connectivity index (χ0n) is 15.6. The first-order valence-corrected chi connectivity index (χ1v) is 10.1. The Kier molecular flexibility index (Phi) is 5.47. The molecule has 1 N–H and O–H groups in total. The van der Waals surface area contributed by atoms with Crippen molar-refractivity contribution in [2.45, 2.75) is 25.2 Å². The van der Waals surface area contributed by atoms with E-state index >= 15 is 0 Å². The highest BCUT2D eigenvalue weighted by atomic mass is 32.2. The van der Waals surface area contributed by atoms with Crippen LogP contribution in [-0.4, -0.2) is 72.0 Å². The maximum Gasteiger partial charge on any atom is 0.254 e. The van der Waals surface area contributed by atoms with Crippen LogP contribution < -0.4 is 4.74 Å². The fourth-order valence-corrected chi connectivity index (χ4v) is 5.02. The van der Waals surface area contributed by atoms with Gasteiger partial charge >= 0.3 is 0 Å². The number of pyridine rings is 1. The molecule has 3 heterocycles. The molecule has 1 aliphatic heterocycles. The van der Waals surface area contributed by atoms with Gasteiger partial charge < -0.3 is 9.64 Å². The summed E-state index contributed by atoms with van der Waals surface area (Å²) >= 11 is 0. The van der Waals surface area contributed by atoms with E-state index in [1.54, 1.807) is 30.9 Å². The molecule has 0 aliphatic carbocycles. The molecule has 1 fully saturated rings. The van der Waals surface area contributed by atoms with E-state index in [1.165, 1.54) is 17.6 Å². The number of H-pyrrole nitrogens is 1. The SMILES string of the molecule is COc1cc(C(=O)N2CCCN(S(=O)(=O)c3c(C)n[nH]c3C)CC2)ccn1. The summed E-state index contributed by atoms with van der Waals surface area (Å²) in [6, 6.07) is 3.21. The first-order valence-electron chi connectivity index (χ1n) is 8.65. The zero-order chi connectivity index (χ0) is 19.6. The maximum atomic E-state index is 13.0. The van der Waals surface area contributed by atoms with Crippen LogP contribution in [0, 0.1) is 13.8 Å². The monoisotopic (exact) mass is 393 g/mol. The van der Waals surface area contributed by atoms with Gasteiger partial charge in [-0.05, 0) is 26.3 Å². The molecular weight excluding hydrogens is 370 g/mol. The van der Waals surface area contributed by atoms with Crippen LogP contribution in [-0.2, 0) is 10.0 Å². The lowest BCUT2D eigenvalue weighted by molar-refractivity contribution is 0.0763. The summed E-state index contributed by atoms with van der Waals surface area (Å²) in [4.78, 5) is 18.7. The number of amides is 1. The van der Waals surface area contributed by atoms with Crippen LogP contribution in [0.1, 0.15) is 28.2 Å². The van der Waals surface area contributed by atoms with Crippen molar-refractivity contribution in [2.75, 3.05) is 33.3 Å². The van der Waals surface area contributed by atoms with Crippen LogP contribution in [0.25, 0.3) is 0 Å². The molecule has 10 heteroatoms. The predicted octanol–water partition coefficient (Wildman–Crippen LogP) is 0.967. The van der Waals surface area contributed by atoms with Gasteiger partial charge in [0, 0.05) is 44.0 Å². The number of ether oxygens (including phenoxy) is 1. The number of aromatic nitrogens is 3. The number of nitrogens with zero attached hydrogens (tertiary/aromatic N) is 4. The summed E-state index contributed by atoms with van der Waals surface area (Å²) in [6.45, 7) is 4.76. The van der Waals surface area contributed by atoms with Crippen molar-refractivity contribution in [3.05, 3.63) is 35.3 Å². The van der Waals surface area contributed by atoms with Gasteiger partial charge in [-0.15, -0.1) is 0 Å². The Labute approximate surface area is 158 Å². The number of sulfonamides is 1. The summed E-state index contributed by atoms with van der Waals surface area (Å²) in [5.41, 5.74) is 1.45. The van der Waals surface area contributed by atoms with Crippen LogP contribution in [0.4, 0.5) is 0 Å². The van der Waals surface area contributed by atoms with Gasteiger partial charge in [0.2, 0.25) is 15.9 Å². The second-order valence-electron chi connectivity index (χ2n) is 6.40. The molecule has 27 heavy (non-hydrogen) atoms. The molecule has 0 radical (unpaired) electrons. The molecule has 0 aromatic carbocycles. The first-order chi connectivity index (χ1) is 12.8. The number of aryl methyl sites for hydroxylation is 2. The number of hydrogen-bond donors (Lipinski definition) is 1. The molecule has 146 valence electrons. The Hall–Kier alpha value is -2.46. The highest BCUT2D eigenvalue weighted by molar-refractivity contribution is 7.89. The second-order valence-corrected chi connectivity index (χ2v) is 8.27. The number of methoxy groups -OCH3 is 1. The minimum Gasteiger partial charge on any atom is -0.481 e. The van der Waals surface area contributed by atoms with E-state index in [0.29, 0.717) is 48.9 Å². The largest absolute Gasteiger partial charge is 0.481 e. The van der Waals surface area contributed by atoms with Gasteiger partial charge in [0.15, 0.2) is 0 Å². The summed E-state index contributed by atoms with van der Waals surface area (Å²) in [5.74, 6) is 0.205. The lowest BCUT2D eigenvalue weighted by Crippen LogP contribution is -2.37. The molecule has 0 saturated carbocycles. The van der Waals surface area contributed by atoms with Gasteiger partial charge in [0.25, 0.3) is 5.91 Å². The normalized spacial score (nSPS) is 16.2. The molecule has 2 aromatic heterocycles. The van der Waals surface area contributed by atoms with E-state index in [4.69, 9.17) is 4.74 Å². The number of aromatic amines is 1. The predicted molar refractivity (Wildman–Crippen MR) is 98.1 cm³/mol. The molecule has 3 rings (SSSR count). The third-order valence-corrected chi connectivity index (χ3v) is 6.75. The molecule has 1 saturated heterocycles. The fraction of sp³-hybridized carbons (Fsp3) is 0.471. The minimum absolute atomic E-state index is 0.161. The fourth-order valence-electron chi connectivity index (χ4n) is 3.22. The third kappa shape index (κ3) is 3.81. The summed E-state index contributed by atoms with van der Waals surface area (Å²) in [6.07, 6.45) is 2.08. The molecule has 0 bridgehead atoms. The molecule has 0 atom stereocenters. The van der Waals surface area contributed by atoms with E-state index in [0.717, 1.165) is 0 Å². The number of nitrogens with one attached hydrogen (secondary N) is 1. The van der Waals surface area contributed by atoms with Crippen LogP contribution in [0.5, 0.6) is 5.88 Å². The molecule has 0 unspecified atom stereocenters. The number of hydrogen-bond acceptors (Lipinski definition) is 6. The number of rotatable bonds is 4. The maximum absolute atomic E-state index is 13.0. The van der Waals surface area contributed by atoms with Crippen LogP contribution >= 0.6 is 0 Å². The highest BCUT2D eigenvalue weighted by Gasteiger charge is 2.32. The van der Waals surface area contributed by atoms with Gasteiger partial charge in [-0.3, -0.25) is 9.89 Å². The Morgan fingerprint density at radius 2 is 2.00 bits per heavy atom. The lowest BCUT2D eigenvalue weighted by atomic mass is 10.2. The molecule has 9 nitrogen and oxygen atoms in total. The van der Waals surface area contributed by atoms with E-state index in [9.17, 15) is 13.2 Å². The van der Waals surface area contributed by atoms with E-state index in [1.807, 2.05) is 0 Å². The second kappa shape index (κ2) is 7.65. The Bertz CT molecular complexity index is 921. The van der Waals surface area contributed by atoms with Crippen LogP contribution in [0.15, 0.2) is 23.2 Å². The van der Waals surface area contributed by atoms with E-state index in [-0.39, 0.29) is 17.3 Å². The smallest absolute Gasteiger partial charge is 0.254 e. The highest BCUT2D eigenvalue weighted by Crippen LogP contribution is 2.23. The zero-order valence-corrected chi connectivity index (χ0v) is 16.4. The average Bonchev–Trinajstić information content (AvgIpc) is 2.87. The minimum atomic E-state index is -3.66. The summed E-state index contributed by atoms with van der Waals surface area (Å²) in [5, 5.41) is 6.71. The lowest BCUT2D eigenvalue weighted by Gasteiger charge is -2.22. The topological polar surface area (TPSA) is 108 Å². The summed E-state index contributed by atoms with van der Waals surface area (Å²) in [7, 11) is -2.17. The number of carbonyl (C=O) groups excluding carboxylic acids is 1. The molecular formula is C17H23N5O4S. The first kappa shape index (κ1) is 19.3. The van der Waals surface area contributed by atoms with Crippen molar-refractivity contribution in [1.82, 2.24) is 24.4 Å². The van der Waals surface area contributed by atoms with E-state index in [2.05, 4.69) is 15.2 Å². The van der Waals surface area contributed by atoms with Crippen molar-refractivity contribution in [1.29, 1.82) is 0 Å². The van der Waals surface area contributed by atoms with Crippen molar-refractivity contribution >= 4 is 15.9 Å². The average molecular weight is 393 g/mol. The molecule has 1 amide bonds. The quantitative estimate of drug-likeness (QED) is 0.829. The Balaban J connectivity index is 1.76. The Morgan fingerprint density at radius 1 is 1.22 bits per heavy atom. The van der Waals surface area contributed by atoms with Crippen LogP contribution in [0.2, 0.25) is 0 Å². The van der Waals surface area contributed by atoms with Gasteiger partial charge in [-0.25, -0.2) is 13.4 Å². The van der Waals surface area contributed by atoms with Gasteiger partial charge in [-0.1, -0.05) is 0 Å². The van der Waals surface area contributed by atoms with Gasteiger partial charge in [-0.2, -0.15) is 9.40 Å². The van der Waals surface area contributed by atoms with Crippen molar-refractivity contribution < 1.29 is 17.9 Å². The molecule has 0 spiro atoms. The van der Waals surface area contributed by atoms with Crippen molar-refractivity contribution in [2.24, 2.45) is 0 Å².